The summed E-state index contributed by atoms with van der Waals surface area (Å²) < 4.78 is 8.57. The van der Waals surface area contributed by atoms with Crippen molar-refractivity contribution in [2.24, 2.45) is 18.7 Å². The van der Waals surface area contributed by atoms with Crippen LogP contribution >= 0.6 is 0 Å². The van der Waals surface area contributed by atoms with E-state index in [9.17, 15) is 14.4 Å². The predicted molar refractivity (Wildman–Crippen MR) is 123 cm³/mol. The van der Waals surface area contributed by atoms with Gasteiger partial charge in [0, 0.05) is 30.8 Å². The number of nitrogens with zero attached hydrogens (tertiary/aromatic N) is 2. The highest BCUT2D eigenvalue weighted by Gasteiger charge is 2.30. The number of nitrogens with one attached hydrogen (secondary N) is 1. The van der Waals surface area contributed by atoms with Gasteiger partial charge in [-0.15, -0.1) is 0 Å². The van der Waals surface area contributed by atoms with Crippen molar-refractivity contribution in [3.8, 4) is 5.75 Å². The fourth-order valence-electron chi connectivity index (χ4n) is 4.73. The number of aryl methyl sites for hydroxylation is 2. The van der Waals surface area contributed by atoms with Gasteiger partial charge in [-0.3, -0.25) is 18.7 Å². The molecule has 0 radical (unpaired) electrons. The van der Waals surface area contributed by atoms with Crippen LogP contribution < -0.4 is 21.5 Å². The number of primary amides is 1. The van der Waals surface area contributed by atoms with E-state index in [0.717, 1.165) is 11.3 Å². The molecule has 1 fully saturated rings. The summed E-state index contributed by atoms with van der Waals surface area (Å²) in [5, 5.41) is 2.99. The van der Waals surface area contributed by atoms with Gasteiger partial charge in [0.2, 0.25) is 5.91 Å². The van der Waals surface area contributed by atoms with Gasteiger partial charge in [-0.05, 0) is 56.4 Å². The predicted octanol–water partition coefficient (Wildman–Crippen LogP) is 3.13. The van der Waals surface area contributed by atoms with Crippen LogP contribution in [0.25, 0.3) is 11.0 Å². The third kappa shape index (κ3) is 3.77. The zero-order chi connectivity index (χ0) is 23.0. The number of anilines is 1. The summed E-state index contributed by atoms with van der Waals surface area (Å²) in [6.45, 7) is 1.95. The number of hydrogen-bond donors (Lipinski definition) is 2. The summed E-state index contributed by atoms with van der Waals surface area (Å²) >= 11 is 0. The molecule has 0 spiro atoms. The first-order valence-electron chi connectivity index (χ1n) is 10.8. The topological polar surface area (TPSA) is 108 Å². The lowest BCUT2D eigenvalue weighted by Crippen LogP contribution is -2.32. The maximum absolute atomic E-state index is 13.0. The summed E-state index contributed by atoms with van der Waals surface area (Å²) in [5.74, 6) is 0.0367. The van der Waals surface area contributed by atoms with Crippen LogP contribution in [-0.2, 0) is 11.8 Å². The number of rotatable bonds is 5. The van der Waals surface area contributed by atoms with E-state index >= 15 is 0 Å². The largest absolute Gasteiger partial charge is 0.496 e. The number of carbonyl (C=O) groups excluding carboxylic acids is 2. The third-order valence-corrected chi connectivity index (χ3v) is 6.48. The number of methoxy groups -OCH3 is 1. The average Bonchev–Trinajstić information content (AvgIpc) is 3.05. The van der Waals surface area contributed by atoms with Crippen LogP contribution in [0.15, 0.2) is 41.2 Å². The molecular weight excluding hydrogens is 408 g/mol. The number of carbonyl (C=O) groups is 2. The van der Waals surface area contributed by atoms with Gasteiger partial charge in [0.05, 0.1) is 23.7 Å². The Kier molecular flexibility index (Phi) is 5.78. The number of imidazole rings is 1. The van der Waals surface area contributed by atoms with Crippen LogP contribution in [0.5, 0.6) is 5.75 Å². The molecule has 1 aliphatic rings. The molecule has 0 aliphatic heterocycles. The quantitative estimate of drug-likeness (QED) is 0.640. The van der Waals surface area contributed by atoms with E-state index in [-0.39, 0.29) is 23.6 Å². The molecule has 0 atom stereocenters. The second-order valence-corrected chi connectivity index (χ2v) is 8.43. The minimum absolute atomic E-state index is 0.0179. The summed E-state index contributed by atoms with van der Waals surface area (Å²) in [7, 11) is 3.26. The molecule has 32 heavy (non-hydrogen) atoms. The lowest BCUT2D eigenvalue weighted by molar-refractivity contribution is -0.121. The first-order chi connectivity index (χ1) is 15.3. The second-order valence-electron chi connectivity index (χ2n) is 8.43. The summed E-state index contributed by atoms with van der Waals surface area (Å²) in [6, 6.07) is 10.8. The van der Waals surface area contributed by atoms with Crippen LogP contribution in [0.1, 0.15) is 47.6 Å². The number of amides is 2. The SMILES string of the molecule is COc1cc(NC(=O)C2CCC(n3c(=O)n(C)c4c(C(N)=O)cccc43)CC2)ccc1C. The molecule has 0 saturated heterocycles. The van der Waals surface area contributed by atoms with Crippen LogP contribution in [0.3, 0.4) is 0 Å². The van der Waals surface area contributed by atoms with Gasteiger partial charge in [0.25, 0.3) is 5.91 Å². The van der Waals surface area contributed by atoms with E-state index in [0.29, 0.717) is 48.0 Å². The lowest BCUT2D eigenvalue weighted by Gasteiger charge is -2.28. The minimum Gasteiger partial charge on any atom is -0.496 e. The Morgan fingerprint density at radius 2 is 1.84 bits per heavy atom. The standard InChI is InChI=1S/C24H28N4O4/c1-14-7-10-16(13-20(14)32-3)26-23(30)15-8-11-17(12-9-15)28-19-6-4-5-18(22(25)29)21(19)27(2)24(28)31/h4-7,10,13,15,17H,8-9,11-12H2,1-3H3,(H2,25,29)(H,26,30). The molecule has 3 N–H and O–H groups in total. The number of ether oxygens (including phenoxy) is 1. The van der Waals surface area contributed by atoms with E-state index in [1.165, 1.54) is 4.57 Å². The van der Waals surface area contributed by atoms with E-state index in [2.05, 4.69) is 5.32 Å². The summed E-state index contributed by atoms with van der Waals surface area (Å²) in [4.78, 5) is 37.6. The number of fused-ring (bicyclic) bond motifs is 1. The minimum atomic E-state index is -0.559. The Morgan fingerprint density at radius 3 is 2.50 bits per heavy atom. The van der Waals surface area contributed by atoms with Gasteiger partial charge < -0.3 is 15.8 Å². The Bertz CT molecular complexity index is 1250. The summed E-state index contributed by atoms with van der Waals surface area (Å²) in [6.07, 6.45) is 2.76. The molecule has 1 aromatic heterocycles. The molecule has 8 nitrogen and oxygen atoms in total. The fraction of sp³-hybridized carbons (Fsp3) is 0.375. The zero-order valence-corrected chi connectivity index (χ0v) is 18.6. The van der Waals surface area contributed by atoms with Crippen LogP contribution in [0, 0.1) is 12.8 Å². The van der Waals surface area contributed by atoms with Crippen molar-refractivity contribution in [2.45, 2.75) is 38.6 Å². The molecule has 2 amide bonds. The van der Waals surface area contributed by atoms with Crippen molar-refractivity contribution in [1.82, 2.24) is 9.13 Å². The molecule has 0 bridgehead atoms. The van der Waals surface area contributed by atoms with Gasteiger partial charge in [0.15, 0.2) is 0 Å². The van der Waals surface area contributed by atoms with Crippen LogP contribution in [0.4, 0.5) is 5.69 Å². The van der Waals surface area contributed by atoms with Crippen LogP contribution in [-0.4, -0.2) is 28.1 Å². The molecule has 2 aromatic carbocycles. The lowest BCUT2D eigenvalue weighted by atomic mass is 9.85. The number of hydrogen-bond acceptors (Lipinski definition) is 4. The number of nitrogens with two attached hydrogens (primary N) is 1. The molecule has 1 heterocycles. The maximum atomic E-state index is 13.0. The van der Waals surface area contributed by atoms with Gasteiger partial charge in [0.1, 0.15) is 5.75 Å². The molecule has 1 saturated carbocycles. The van der Waals surface area contributed by atoms with Crippen molar-refractivity contribution in [2.75, 3.05) is 12.4 Å². The van der Waals surface area contributed by atoms with Crippen molar-refractivity contribution >= 4 is 28.5 Å². The van der Waals surface area contributed by atoms with Crippen molar-refractivity contribution < 1.29 is 14.3 Å². The van der Waals surface area contributed by atoms with Gasteiger partial charge in [-0.2, -0.15) is 0 Å². The Morgan fingerprint density at radius 1 is 1.12 bits per heavy atom. The van der Waals surface area contributed by atoms with Crippen molar-refractivity contribution in [3.63, 3.8) is 0 Å². The monoisotopic (exact) mass is 436 g/mol. The fourth-order valence-corrected chi connectivity index (χ4v) is 4.73. The molecule has 1 aliphatic carbocycles. The van der Waals surface area contributed by atoms with Gasteiger partial charge in [-0.1, -0.05) is 12.1 Å². The molecule has 0 unspecified atom stereocenters. The van der Waals surface area contributed by atoms with Gasteiger partial charge >= 0.3 is 5.69 Å². The van der Waals surface area contributed by atoms with Crippen LogP contribution in [0.2, 0.25) is 0 Å². The number of para-hydroxylation sites is 1. The first kappa shape index (κ1) is 21.7. The highest BCUT2D eigenvalue weighted by Crippen LogP contribution is 2.34. The normalized spacial score (nSPS) is 18.5. The smallest absolute Gasteiger partial charge is 0.329 e. The Balaban J connectivity index is 1.51. The highest BCUT2D eigenvalue weighted by molar-refractivity contribution is 6.04. The van der Waals surface area contributed by atoms with Gasteiger partial charge in [-0.25, -0.2) is 4.79 Å². The second kappa shape index (κ2) is 8.53. The average molecular weight is 437 g/mol. The Labute approximate surface area is 186 Å². The first-order valence-corrected chi connectivity index (χ1v) is 10.8. The number of benzene rings is 2. The molecule has 8 heteroatoms. The highest BCUT2D eigenvalue weighted by atomic mass is 16.5. The Hall–Kier alpha value is -3.55. The van der Waals surface area contributed by atoms with Crippen molar-refractivity contribution in [1.29, 1.82) is 0 Å². The molecule has 3 aromatic rings. The van der Waals surface area contributed by atoms with E-state index in [4.69, 9.17) is 10.5 Å². The molecule has 168 valence electrons. The molecular formula is C24H28N4O4. The van der Waals surface area contributed by atoms with E-state index in [1.807, 2.05) is 31.2 Å². The van der Waals surface area contributed by atoms with E-state index in [1.54, 1.807) is 30.9 Å². The number of aromatic nitrogens is 2. The zero-order valence-electron chi connectivity index (χ0n) is 18.6. The van der Waals surface area contributed by atoms with Crippen molar-refractivity contribution in [3.05, 3.63) is 58.0 Å². The summed E-state index contributed by atoms with van der Waals surface area (Å²) in [5.41, 5.74) is 8.65. The third-order valence-electron chi connectivity index (χ3n) is 6.48. The van der Waals surface area contributed by atoms with E-state index < -0.39 is 5.91 Å². The molecule has 4 rings (SSSR count). The maximum Gasteiger partial charge on any atom is 0.329 e.